The summed E-state index contributed by atoms with van der Waals surface area (Å²) < 4.78 is 9.09. The van der Waals surface area contributed by atoms with Gasteiger partial charge < -0.3 is 5.11 Å². The van der Waals surface area contributed by atoms with Crippen LogP contribution in [0.4, 0.5) is 0 Å². The molecule has 0 aromatic heterocycles. The van der Waals surface area contributed by atoms with Crippen molar-refractivity contribution in [2.75, 3.05) is 0 Å². The Morgan fingerprint density at radius 1 is 1.10 bits per heavy atom. The molecule has 0 rings (SSSR count). The number of rotatable bonds is 6. The van der Waals surface area contributed by atoms with Crippen LogP contribution >= 0.6 is 64.8 Å². The first-order valence-electron chi connectivity index (χ1n) is 5.54. The van der Waals surface area contributed by atoms with E-state index < -0.39 is 15.2 Å². The Balaban J connectivity index is -0.000000230. The van der Waals surface area contributed by atoms with E-state index in [1.807, 2.05) is 13.8 Å². The van der Waals surface area contributed by atoms with Gasteiger partial charge in [-0.2, -0.15) is 0 Å². The van der Waals surface area contributed by atoms with Crippen molar-refractivity contribution in [1.29, 1.82) is 0 Å². The molecule has 0 amide bonds. The van der Waals surface area contributed by atoms with Crippen LogP contribution in [0.15, 0.2) is 0 Å². The minimum absolute atomic E-state index is 0.144. The van der Waals surface area contributed by atoms with Gasteiger partial charge in [-0.3, -0.25) is 9.59 Å². The van der Waals surface area contributed by atoms with Gasteiger partial charge in [-0.15, -0.1) is 0 Å². The molecule has 0 saturated carbocycles. The summed E-state index contributed by atoms with van der Waals surface area (Å²) in [4.78, 5) is 19.8. The van der Waals surface area contributed by atoms with Crippen molar-refractivity contribution in [1.82, 2.24) is 0 Å². The predicted octanol–water partition coefficient (Wildman–Crippen LogP) is 4.99. The van der Waals surface area contributed by atoms with Crippen LogP contribution in [0.2, 0.25) is 0 Å². The molecular formula is C10H17Br2Cl3O4S. The van der Waals surface area contributed by atoms with Crippen molar-refractivity contribution >= 4 is 85.3 Å². The Kier molecular flexibility index (Phi) is 23.7. The highest BCUT2D eigenvalue weighted by molar-refractivity contribution is 9.10. The average molecular weight is 499 g/mol. The van der Waals surface area contributed by atoms with Crippen molar-refractivity contribution in [2.45, 2.75) is 49.2 Å². The van der Waals surface area contributed by atoms with Gasteiger partial charge in [-0.05, 0) is 24.4 Å². The van der Waals surface area contributed by atoms with E-state index >= 15 is 0 Å². The normalized spacial score (nSPS) is 12.4. The fourth-order valence-electron chi connectivity index (χ4n) is 0.744. The monoisotopic (exact) mass is 496 g/mol. The highest BCUT2D eigenvalue weighted by Crippen LogP contribution is 2.10. The third-order valence-electron chi connectivity index (χ3n) is 1.60. The van der Waals surface area contributed by atoms with Crippen molar-refractivity contribution in [3.8, 4) is 0 Å². The number of aliphatic carboxylic acids is 1. The third-order valence-corrected chi connectivity index (χ3v) is 3.85. The number of carbonyl (C=O) groups is 2. The largest absolute Gasteiger partial charge is 0.480 e. The van der Waals surface area contributed by atoms with Gasteiger partial charge in [0.1, 0.15) is 4.83 Å². The summed E-state index contributed by atoms with van der Waals surface area (Å²) in [5.41, 5.74) is 0. The molecule has 0 spiro atoms. The number of carboxylic acids is 1. The zero-order valence-corrected chi connectivity index (χ0v) is 17.2. The number of alkyl halides is 2. The first-order valence-corrected chi connectivity index (χ1v) is 10.6. The Morgan fingerprint density at radius 2 is 1.40 bits per heavy atom. The molecule has 2 unspecified atom stereocenters. The second-order valence-corrected chi connectivity index (χ2v) is 8.45. The minimum atomic E-state index is -1.67. The summed E-state index contributed by atoms with van der Waals surface area (Å²) in [5.74, 6) is -0.771. The Bertz CT molecular complexity index is 270. The lowest BCUT2D eigenvalue weighted by Crippen LogP contribution is -2.11. The third kappa shape index (κ3) is 27.5. The maximum Gasteiger partial charge on any atom is 0.317 e. The molecule has 0 heterocycles. The highest BCUT2D eigenvalue weighted by Gasteiger charge is 2.09. The SMILES string of the molecule is CCCC(Br)C(=O)Cl.CCCC(Br)C(=O)O.O=S(Cl)Cl. The predicted molar refractivity (Wildman–Crippen MR) is 93.6 cm³/mol. The smallest absolute Gasteiger partial charge is 0.317 e. The lowest BCUT2D eigenvalue weighted by atomic mass is 10.2. The molecule has 2 atom stereocenters. The van der Waals surface area contributed by atoms with Crippen molar-refractivity contribution < 1.29 is 18.9 Å². The van der Waals surface area contributed by atoms with Gasteiger partial charge in [-0.25, -0.2) is 4.21 Å². The number of halogens is 5. The summed E-state index contributed by atoms with van der Waals surface area (Å²) in [6.45, 7) is 3.96. The second-order valence-electron chi connectivity index (χ2n) is 3.34. The summed E-state index contributed by atoms with van der Waals surface area (Å²) in [5, 5.41) is 7.97. The van der Waals surface area contributed by atoms with Crippen molar-refractivity contribution in [3.63, 3.8) is 0 Å². The molecule has 10 heteroatoms. The second kappa shape index (κ2) is 18.2. The topological polar surface area (TPSA) is 71.4 Å². The Morgan fingerprint density at radius 3 is 1.50 bits per heavy atom. The fourth-order valence-corrected chi connectivity index (χ4v) is 1.77. The average Bonchev–Trinajstić information content (AvgIpc) is 2.29. The molecule has 122 valence electrons. The Labute approximate surface area is 152 Å². The van der Waals surface area contributed by atoms with Gasteiger partial charge >= 0.3 is 5.97 Å². The van der Waals surface area contributed by atoms with Crippen molar-refractivity contribution in [2.24, 2.45) is 0 Å². The van der Waals surface area contributed by atoms with E-state index in [1.165, 1.54) is 0 Å². The molecule has 0 radical (unpaired) electrons. The van der Waals surface area contributed by atoms with E-state index in [9.17, 15) is 9.59 Å². The van der Waals surface area contributed by atoms with E-state index in [1.54, 1.807) is 0 Å². The molecule has 0 aliphatic heterocycles. The molecule has 0 saturated heterocycles. The molecule has 0 aliphatic rings. The van der Waals surface area contributed by atoms with E-state index in [2.05, 4.69) is 53.2 Å². The van der Waals surface area contributed by atoms with Gasteiger partial charge in [0.2, 0.25) is 14.5 Å². The van der Waals surface area contributed by atoms with Crippen LogP contribution in [-0.2, 0) is 18.8 Å². The first-order chi connectivity index (χ1) is 9.09. The highest BCUT2D eigenvalue weighted by atomic mass is 79.9. The summed E-state index contributed by atoms with van der Waals surface area (Å²) >= 11 is 11.2. The van der Waals surface area contributed by atoms with E-state index in [-0.39, 0.29) is 14.9 Å². The Hall–Kier alpha value is 1.12. The van der Waals surface area contributed by atoms with Crippen LogP contribution in [0.25, 0.3) is 0 Å². The first kappa shape index (κ1) is 26.0. The zero-order valence-electron chi connectivity index (χ0n) is 11.0. The van der Waals surface area contributed by atoms with E-state index in [4.69, 9.17) is 20.9 Å². The fraction of sp³-hybridized carbons (Fsp3) is 0.800. The number of hydrogen-bond acceptors (Lipinski definition) is 3. The number of hydrogen-bond donors (Lipinski definition) is 1. The summed E-state index contributed by atoms with van der Waals surface area (Å²) in [7, 11) is 7.36. The van der Waals surface area contributed by atoms with Gasteiger partial charge in [-0.1, -0.05) is 58.5 Å². The van der Waals surface area contributed by atoms with Crippen LogP contribution in [0.3, 0.4) is 0 Å². The molecule has 0 fully saturated rings. The molecule has 1 N–H and O–H groups in total. The quantitative estimate of drug-likeness (QED) is 0.413. The van der Waals surface area contributed by atoms with Crippen molar-refractivity contribution in [3.05, 3.63) is 0 Å². The van der Waals surface area contributed by atoms with Crippen LogP contribution in [0.5, 0.6) is 0 Å². The van der Waals surface area contributed by atoms with Gasteiger partial charge in [0.25, 0.3) is 0 Å². The number of carbonyl (C=O) groups excluding carboxylic acids is 1. The van der Waals surface area contributed by atoms with Crippen LogP contribution in [0, 0.1) is 0 Å². The van der Waals surface area contributed by atoms with E-state index in [0.717, 1.165) is 19.3 Å². The standard InChI is InChI=1S/C5H8BrClO.C5H9BrO2.Cl2OS/c2*1-2-3-4(6)5(7)8;1-4(2)3/h4H,2-3H2,1H3;4H,2-3H2,1H3,(H,7,8);. The van der Waals surface area contributed by atoms with E-state index in [0.29, 0.717) is 6.42 Å². The van der Waals surface area contributed by atoms with Crippen LogP contribution in [0.1, 0.15) is 39.5 Å². The molecule has 0 bridgehead atoms. The lowest BCUT2D eigenvalue weighted by molar-refractivity contribution is -0.136. The van der Waals surface area contributed by atoms with Crippen LogP contribution < -0.4 is 0 Å². The molecule has 4 nitrogen and oxygen atoms in total. The van der Waals surface area contributed by atoms with Gasteiger partial charge in [0, 0.05) is 21.4 Å². The lowest BCUT2D eigenvalue weighted by Gasteiger charge is -1.98. The van der Waals surface area contributed by atoms with Gasteiger partial charge in [0.05, 0.1) is 4.83 Å². The molecule has 20 heavy (non-hydrogen) atoms. The molecular weight excluding hydrogens is 482 g/mol. The van der Waals surface area contributed by atoms with Crippen LogP contribution in [-0.4, -0.2) is 30.2 Å². The summed E-state index contributed by atoms with van der Waals surface area (Å²) in [6, 6.07) is 0. The maximum absolute atomic E-state index is 10.3. The maximum atomic E-state index is 10.3. The number of carboxylic acid groups (broad SMARTS) is 1. The molecule has 0 aromatic carbocycles. The summed E-state index contributed by atoms with van der Waals surface area (Å²) in [6.07, 6.45) is 3.41. The zero-order chi connectivity index (χ0) is 16.7. The van der Waals surface area contributed by atoms with Gasteiger partial charge in [0.15, 0.2) is 0 Å². The molecule has 0 aromatic rings. The minimum Gasteiger partial charge on any atom is -0.480 e. The molecule has 0 aliphatic carbocycles.